The number of sulfonamides is 1. The van der Waals surface area contributed by atoms with Gasteiger partial charge < -0.3 is 5.32 Å². The molecule has 6 nitrogen and oxygen atoms in total. The van der Waals surface area contributed by atoms with Crippen molar-refractivity contribution in [3.63, 3.8) is 0 Å². The highest BCUT2D eigenvalue weighted by atomic mass is 35.5. The van der Waals surface area contributed by atoms with E-state index in [1.807, 2.05) is 0 Å². The molecule has 0 heterocycles. The van der Waals surface area contributed by atoms with Crippen molar-refractivity contribution in [1.29, 1.82) is 0 Å². The number of carbonyl (C=O) groups is 1. The third-order valence-electron chi connectivity index (χ3n) is 3.21. The summed E-state index contributed by atoms with van der Waals surface area (Å²) < 4.78 is 27.2. The van der Waals surface area contributed by atoms with Crippen molar-refractivity contribution in [2.24, 2.45) is 0 Å². The molecule has 3 N–H and O–H groups in total. The first-order valence-corrected chi connectivity index (χ1v) is 10.3. The Labute approximate surface area is 169 Å². The average molecular weight is 426 g/mol. The molecule has 0 bridgehead atoms. The Bertz CT molecular complexity index is 953. The van der Waals surface area contributed by atoms with Gasteiger partial charge in [0.25, 0.3) is 5.91 Å². The Morgan fingerprint density at radius 3 is 2.19 bits per heavy atom. The Hall–Kier alpha value is -2.00. The van der Waals surface area contributed by atoms with Crippen molar-refractivity contribution in [2.75, 3.05) is 5.32 Å². The number of rotatable bonds is 4. The normalized spacial score (nSPS) is 11.7. The predicted octanol–water partition coefficient (Wildman–Crippen LogP) is 3.54. The molecule has 0 aromatic heterocycles. The minimum absolute atomic E-state index is 0.0725. The zero-order valence-electron chi connectivity index (χ0n) is 15.0. The Kier molecular flexibility index (Phi) is 6.59. The first-order chi connectivity index (χ1) is 12.5. The van der Waals surface area contributed by atoms with Gasteiger partial charge in [-0.25, -0.2) is 13.1 Å². The predicted molar refractivity (Wildman–Crippen MR) is 112 cm³/mol. The van der Waals surface area contributed by atoms with Crippen LogP contribution in [0.5, 0.6) is 0 Å². The van der Waals surface area contributed by atoms with Crippen LogP contribution in [0.15, 0.2) is 53.4 Å². The van der Waals surface area contributed by atoms with E-state index in [0.29, 0.717) is 16.3 Å². The smallest absolute Gasteiger partial charge is 0.258 e. The number of benzene rings is 2. The summed E-state index contributed by atoms with van der Waals surface area (Å²) in [7, 11) is -3.62. The second-order valence-corrected chi connectivity index (χ2v) is 9.27. The van der Waals surface area contributed by atoms with Crippen LogP contribution in [0.25, 0.3) is 0 Å². The second kappa shape index (κ2) is 8.35. The van der Waals surface area contributed by atoms with Crippen LogP contribution in [-0.2, 0) is 10.0 Å². The lowest BCUT2D eigenvalue weighted by Gasteiger charge is -2.20. The number of halogens is 1. The van der Waals surface area contributed by atoms with Crippen LogP contribution in [0.2, 0.25) is 5.02 Å². The zero-order valence-corrected chi connectivity index (χ0v) is 17.4. The third kappa shape index (κ3) is 6.28. The number of nitrogens with one attached hydrogen (secondary N) is 3. The highest BCUT2D eigenvalue weighted by Crippen LogP contribution is 2.17. The van der Waals surface area contributed by atoms with Gasteiger partial charge in [-0.1, -0.05) is 23.7 Å². The number of anilines is 1. The minimum Gasteiger partial charge on any atom is -0.332 e. The van der Waals surface area contributed by atoms with Gasteiger partial charge in [-0.05, 0) is 69.4 Å². The van der Waals surface area contributed by atoms with Crippen LogP contribution in [-0.4, -0.2) is 25.0 Å². The Balaban J connectivity index is 2.03. The van der Waals surface area contributed by atoms with E-state index in [1.165, 1.54) is 12.1 Å². The maximum Gasteiger partial charge on any atom is 0.258 e. The van der Waals surface area contributed by atoms with Crippen molar-refractivity contribution in [3.8, 4) is 0 Å². The average Bonchev–Trinajstić information content (AvgIpc) is 2.53. The molecule has 2 rings (SSSR count). The summed E-state index contributed by atoms with van der Waals surface area (Å²) in [6.07, 6.45) is 0. The van der Waals surface area contributed by atoms with Gasteiger partial charge in [0.2, 0.25) is 10.0 Å². The second-order valence-electron chi connectivity index (χ2n) is 6.77. The maximum atomic E-state index is 12.3. The van der Waals surface area contributed by atoms with Crippen molar-refractivity contribution >= 4 is 50.5 Å². The van der Waals surface area contributed by atoms with E-state index in [1.54, 1.807) is 57.2 Å². The van der Waals surface area contributed by atoms with E-state index in [4.69, 9.17) is 23.8 Å². The number of amides is 1. The van der Waals surface area contributed by atoms with Crippen LogP contribution in [0.4, 0.5) is 5.69 Å². The molecule has 1 amide bonds. The topological polar surface area (TPSA) is 87.3 Å². The van der Waals surface area contributed by atoms with Gasteiger partial charge in [-0.2, -0.15) is 0 Å². The van der Waals surface area contributed by atoms with Gasteiger partial charge in [-0.15, -0.1) is 0 Å². The summed E-state index contributed by atoms with van der Waals surface area (Å²) in [6, 6.07) is 12.6. The van der Waals surface area contributed by atoms with Crippen molar-refractivity contribution < 1.29 is 13.2 Å². The largest absolute Gasteiger partial charge is 0.332 e. The maximum absolute atomic E-state index is 12.3. The molecule has 144 valence electrons. The van der Waals surface area contributed by atoms with Crippen LogP contribution < -0.4 is 15.4 Å². The Morgan fingerprint density at radius 2 is 1.63 bits per heavy atom. The summed E-state index contributed by atoms with van der Waals surface area (Å²) >= 11 is 11.1. The van der Waals surface area contributed by atoms with Crippen molar-refractivity contribution in [3.05, 3.63) is 59.1 Å². The molecule has 27 heavy (non-hydrogen) atoms. The van der Waals surface area contributed by atoms with Gasteiger partial charge in [0.1, 0.15) is 0 Å². The molecule has 2 aromatic rings. The molecule has 0 unspecified atom stereocenters. The summed E-state index contributed by atoms with van der Waals surface area (Å²) in [5, 5.41) is 5.75. The Morgan fingerprint density at radius 1 is 1.04 bits per heavy atom. The number of hydrogen-bond acceptors (Lipinski definition) is 4. The van der Waals surface area contributed by atoms with Crippen LogP contribution in [0, 0.1) is 0 Å². The van der Waals surface area contributed by atoms with E-state index in [9.17, 15) is 13.2 Å². The molecule has 0 aliphatic carbocycles. The molecular formula is C18H20ClN3O3S2. The number of thiocarbonyl (C=S) groups is 1. The minimum atomic E-state index is -3.62. The molecular weight excluding hydrogens is 406 g/mol. The lowest BCUT2D eigenvalue weighted by atomic mass is 10.1. The summed E-state index contributed by atoms with van der Waals surface area (Å²) in [5.41, 5.74) is 0.257. The lowest BCUT2D eigenvalue weighted by Crippen LogP contribution is -2.40. The first-order valence-electron chi connectivity index (χ1n) is 7.99. The quantitative estimate of drug-likeness (QED) is 0.652. The fourth-order valence-electron chi connectivity index (χ4n) is 2.16. The van der Waals surface area contributed by atoms with Crippen LogP contribution >= 0.6 is 23.8 Å². The number of carbonyl (C=O) groups excluding carboxylic acids is 1. The molecule has 0 saturated heterocycles. The highest BCUT2D eigenvalue weighted by molar-refractivity contribution is 7.89. The molecule has 0 fully saturated rings. The highest BCUT2D eigenvalue weighted by Gasteiger charge is 2.21. The number of hydrogen-bond donors (Lipinski definition) is 3. The molecule has 0 radical (unpaired) electrons. The van der Waals surface area contributed by atoms with Gasteiger partial charge in [0.15, 0.2) is 5.11 Å². The van der Waals surface area contributed by atoms with Crippen molar-refractivity contribution in [1.82, 2.24) is 10.0 Å². The van der Waals surface area contributed by atoms with Crippen molar-refractivity contribution in [2.45, 2.75) is 31.2 Å². The van der Waals surface area contributed by atoms with Gasteiger partial charge in [0.05, 0.1) is 15.5 Å². The zero-order chi connectivity index (χ0) is 20.2. The van der Waals surface area contributed by atoms with E-state index >= 15 is 0 Å². The SMILES string of the molecule is CC(C)(C)NS(=O)(=O)c1ccc(NC(=S)NC(=O)c2ccccc2Cl)cc1. The lowest BCUT2D eigenvalue weighted by molar-refractivity contribution is 0.0978. The van der Waals surface area contributed by atoms with Gasteiger partial charge >= 0.3 is 0 Å². The summed E-state index contributed by atoms with van der Waals surface area (Å²) in [4.78, 5) is 12.3. The van der Waals surface area contributed by atoms with Gasteiger partial charge in [-0.3, -0.25) is 10.1 Å². The van der Waals surface area contributed by atoms with E-state index < -0.39 is 21.5 Å². The summed E-state index contributed by atoms with van der Waals surface area (Å²) in [5.74, 6) is -0.438. The molecule has 0 saturated carbocycles. The molecule has 2 aromatic carbocycles. The first kappa shape index (κ1) is 21.3. The van der Waals surface area contributed by atoms with E-state index in [-0.39, 0.29) is 10.0 Å². The fraction of sp³-hybridized carbons (Fsp3) is 0.222. The monoisotopic (exact) mass is 425 g/mol. The standard InChI is InChI=1S/C18H20ClN3O3S2/c1-18(2,3)22-27(24,25)13-10-8-12(9-11-13)20-17(26)21-16(23)14-6-4-5-7-15(14)19/h4-11,22H,1-3H3,(H2,20,21,23,26). The van der Waals surface area contributed by atoms with Gasteiger partial charge in [0, 0.05) is 11.2 Å². The van der Waals surface area contributed by atoms with E-state index in [0.717, 1.165) is 0 Å². The molecule has 0 aliphatic rings. The summed E-state index contributed by atoms with van der Waals surface area (Å²) in [6.45, 7) is 5.29. The molecule has 0 spiro atoms. The van der Waals surface area contributed by atoms with Crippen LogP contribution in [0.1, 0.15) is 31.1 Å². The van der Waals surface area contributed by atoms with E-state index in [2.05, 4.69) is 15.4 Å². The fourth-order valence-corrected chi connectivity index (χ4v) is 4.01. The molecule has 0 aliphatic heterocycles. The van der Waals surface area contributed by atoms with Crippen LogP contribution in [0.3, 0.4) is 0 Å². The molecule has 0 atom stereocenters. The third-order valence-corrected chi connectivity index (χ3v) is 5.52. The molecule has 9 heteroatoms.